The van der Waals surface area contributed by atoms with Crippen LogP contribution in [0.5, 0.6) is 0 Å². The van der Waals surface area contributed by atoms with Crippen LogP contribution in [0.25, 0.3) is 0 Å². The summed E-state index contributed by atoms with van der Waals surface area (Å²) in [6.07, 6.45) is 4.74. The standard InChI is InChI=1S/C13H17N3S/c1-10-7-14-13(15-8-10)16(3)11(2)6-12-4-5-17-9-12/h4-5,7-9,11H,6H2,1-3H3. The third-order valence-electron chi connectivity index (χ3n) is 2.86. The van der Waals surface area contributed by atoms with Gasteiger partial charge in [0, 0.05) is 25.5 Å². The molecule has 0 aromatic carbocycles. The predicted molar refractivity (Wildman–Crippen MR) is 72.7 cm³/mol. The molecular weight excluding hydrogens is 230 g/mol. The number of anilines is 1. The maximum atomic E-state index is 4.35. The number of nitrogens with zero attached hydrogens (tertiary/aromatic N) is 3. The first-order chi connectivity index (χ1) is 8.16. The largest absolute Gasteiger partial charge is 0.341 e. The quantitative estimate of drug-likeness (QED) is 0.832. The molecule has 0 fully saturated rings. The van der Waals surface area contributed by atoms with Gasteiger partial charge in [0.1, 0.15) is 0 Å². The Labute approximate surface area is 106 Å². The van der Waals surface area contributed by atoms with Crippen LogP contribution in [0.3, 0.4) is 0 Å². The summed E-state index contributed by atoms with van der Waals surface area (Å²) in [6, 6.07) is 2.57. The summed E-state index contributed by atoms with van der Waals surface area (Å²) in [5, 5.41) is 4.31. The van der Waals surface area contributed by atoms with Crippen molar-refractivity contribution in [2.75, 3.05) is 11.9 Å². The molecule has 2 aromatic rings. The van der Waals surface area contributed by atoms with Gasteiger partial charge in [0.05, 0.1) is 0 Å². The van der Waals surface area contributed by atoms with Crippen molar-refractivity contribution in [1.82, 2.24) is 9.97 Å². The first kappa shape index (κ1) is 12.0. The normalized spacial score (nSPS) is 12.4. The number of rotatable bonds is 4. The van der Waals surface area contributed by atoms with E-state index in [-0.39, 0.29) is 0 Å². The second-order valence-electron chi connectivity index (χ2n) is 4.36. The third-order valence-corrected chi connectivity index (χ3v) is 3.59. The molecule has 0 amide bonds. The molecule has 17 heavy (non-hydrogen) atoms. The van der Waals surface area contributed by atoms with Crippen LogP contribution in [0.15, 0.2) is 29.2 Å². The van der Waals surface area contributed by atoms with Crippen LogP contribution in [-0.4, -0.2) is 23.1 Å². The average Bonchev–Trinajstić information content (AvgIpc) is 2.82. The van der Waals surface area contributed by atoms with Crippen molar-refractivity contribution in [2.24, 2.45) is 0 Å². The molecule has 0 radical (unpaired) electrons. The van der Waals surface area contributed by atoms with Crippen molar-refractivity contribution >= 4 is 17.3 Å². The lowest BCUT2D eigenvalue weighted by atomic mass is 10.1. The number of hydrogen-bond acceptors (Lipinski definition) is 4. The summed E-state index contributed by atoms with van der Waals surface area (Å²) >= 11 is 1.74. The zero-order valence-corrected chi connectivity index (χ0v) is 11.2. The lowest BCUT2D eigenvalue weighted by molar-refractivity contribution is 0.666. The number of hydrogen-bond donors (Lipinski definition) is 0. The van der Waals surface area contributed by atoms with E-state index in [9.17, 15) is 0 Å². The highest BCUT2D eigenvalue weighted by Crippen LogP contribution is 2.14. The van der Waals surface area contributed by atoms with E-state index >= 15 is 0 Å². The maximum absolute atomic E-state index is 4.35. The van der Waals surface area contributed by atoms with Gasteiger partial charge in [-0.15, -0.1) is 0 Å². The Morgan fingerprint density at radius 1 is 1.35 bits per heavy atom. The van der Waals surface area contributed by atoms with Crippen LogP contribution in [0.1, 0.15) is 18.1 Å². The number of aromatic nitrogens is 2. The van der Waals surface area contributed by atoms with Gasteiger partial charge in [-0.1, -0.05) is 0 Å². The van der Waals surface area contributed by atoms with Crippen LogP contribution in [0.4, 0.5) is 5.95 Å². The topological polar surface area (TPSA) is 29.0 Å². The van der Waals surface area contributed by atoms with Gasteiger partial charge >= 0.3 is 0 Å². The van der Waals surface area contributed by atoms with E-state index in [0.29, 0.717) is 6.04 Å². The van der Waals surface area contributed by atoms with E-state index < -0.39 is 0 Å². The highest BCUT2D eigenvalue weighted by atomic mass is 32.1. The molecule has 0 aliphatic carbocycles. The zero-order chi connectivity index (χ0) is 12.3. The Hall–Kier alpha value is -1.42. The SMILES string of the molecule is Cc1cnc(N(C)C(C)Cc2ccsc2)nc1. The Kier molecular flexibility index (Phi) is 3.74. The number of aryl methyl sites for hydroxylation is 1. The molecule has 0 aliphatic rings. The molecular formula is C13H17N3S. The molecule has 90 valence electrons. The molecule has 0 saturated carbocycles. The number of thiophene rings is 1. The fourth-order valence-electron chi connectivity index (χ4n) is 1.65. The van der Waals surface area contributed by atoms with Gasteiger partial charge in [0.15, 0.2) is 0 Å². The van der Waals surface area contributed by atoms with Crippen molar-refractivity contribution in [1.29, 1.82) is 0 Å². The van der Waals surface area contributed by atoms with Crippen LogP contribution in [0.2, 0.25) is 0 Å². The molecule has 2 aromatic heterocycles. The molecule has 0 aliphatic heterocycles. The number of likely N-dealkylation sites (N-methyl/N-ethyl adjacent to an activating group) is 1. The molecule has 1 unspecified atom stereocenters. The minimum Gasteiger partial charge on any atom is -0.341 e. The summed E-state index contributed by atoms with van der Waals surface area (Å²) in [6.45, 7) is 4.19. The van der Waals surface area contributed by atoms with E-state index in [2.05, 4.69) is 38.6 Å². The molecule has 0 bridgehead atoms. The van der Waals surface area contributed by atoms with E-state index in [1.165, 1.54) is 5.56 Å². The van der Waals surface area contributed by atoms with E-state index in [1.807, 2.05) is 26.4 Å². The van der Waals surface area contributed by atoms with Crippen molar-refractivity contribution < 1.29 is 0 Å². The van der Waals surface area contributed by atoms with Crippen LogP contribution >= 0.6 is 11.3 Å². The molecule has 1 atom stereocenters. The Bertz CT molecular complexity index is 450. The summed E-state index contributed by atoms with van der Waals surface area (Å²) in [5.74, 6) is 0.790. The lowest BCUT2D eigenvalue weighted by Crippen LogP contribution is -2.32. The predicted octanol–water partition coefficient (Wildman–Crippen LogP) is 2.91. The smallest absolute Gasteiger partial charge is 0.225 e. The van der Waals surface area contributed by atoms with Crippen molar-refractivity contribution in [2.45, 2.75) is 26.3 Å². The van der Waals surface area contributed by atoms with Gasteiger partial charge in [-0.2, -0.15) is 11.3 Å². The molecule has 2 heterocycles. The first-order valence-corrected chi connectivity index (χ1v) is 6.63. The second-order valence-corrected chi connectivity index (χ2v) is 5.14. The van der Waals surface area contributed by atoms with E-state index in [4.69, 9.17) is 0 Å². The van der Waals surface area contributed by atoms with Crippen molar-refractivity contribution in [3.8, 4) is 0 Å². The van der Waals surface area contributed by atoms with E-state index in [0.717, 1.165) is 17.9 Å². The van der Waals surface area contributed by atoms with Gasteiger partial charge in [-0.25, -0.2) is 9.97 Å². The maximum Gasteiger partial charge on any atom is 0.225 e. The van der Waals surface area contributed by atoms with Crippen molar-refractivity contribution in [3.05, 3.63) is 40.3 Å². The first-order valence-electron chi connectivity index (χ1n) is 5.69. The summed E-state index contributed by atoms with van der Waals surface area (Å²) in [4.78, 5) is 10.8. The van der Waals surface area contributed by atoms with Crippen LogP contribution in [0, 0.1) is 6.92 Å². The Balaban J connectivity index is 2.04. The van der Waals surface area contributed by atoms with E-state index in [1.54, 1.807) is 11.3 Å². The molecule has 0 N–H and O–H groups in total. The van der Waals surface area contributed by atoms with Gasteiger partial charge in [-0.3, -0.25) is 0 Å². The Morgan fingerprint density at radius 3 is 2.65 bits per heavy atom. The Morgan fingerprint density at radius 2 is 2.06 bits per heavy atom. The second kappa shape index (κ2) is 5.27. The highest BCUT2D eigenvalue weighted by Gasteiger charge is 2.12. The molecule has 2 rings (SSSR count). The molecule has 0 spiro atoms. The average molecular weight is 247 g/mol. The summed E-state index contributed by atoms with van der Waals surface area (Å²) in [7, 11) is 2.04. The van der Waals surface area contributed by atoms with Gasteiger partial charge < -0.3 is 4.90 Å². The summed E-state index contributed by atoms with van der Waals surface area (Å²) in [5.41, 5.74) is 2.47. The van der Waals surface area contributed by atoms with Gasteiger partial charge in [-0.05, 0) is 48.2 Å². The molecule has 0 saturated heterocycles. The van der Waals surface area contributed by atoms with Crippen molar-refractivity contribution in [3.63, 3.8) is 0 Å². The lowest BCUT2D eigenvalue weighted by Gasteiger charge is -2.24. The zero-order valence-electron chi connectivity index (χ0n) is 10.4. The molecule has 4 heteroatoms. The third kappa shape index (κ3) is 3.03. The van der Waals surface area contributed by atoms with Crippen LogP contribution in [-0.2, 0) is 6.42 Å². The fourth-order valence-corrected chi connectivity index (χ4v) is 2.33. The van der Waals surface area contributed by atoms with Gasteiger partial charge in [0.25, 0.3) is 0 Å². The highest BCUT2D eigenvalue weighted by molar-refractivity contribution is 7.07. The van der Waals surface area contributed by atoms with Crippen LogP contribution < -0.4 is 4.90 Å². The minimum absolute atomic E-state index is 0.396. The fraction of sp³-hybridized carbons (Fsp3) is 0.385. The molecule has 3 nitrogen and oxygen atoms in total. The minimum atomic E-state index is 0.396. The van der Waals surface area contributed by atoms with Gasteiger partial charge in [0.2, 0.25) is 5.95 Å². The monoisotopic (exact) mass is 247 g/mol. The summed E-state index contributed by atoms with van der Waals surface area (Å²) < 4.78 is 0.